The Labute approximate surface area is 54.8 Å². The predicted octanol–water partition coefficient (Wildman–Crippen LogP) is -12.0. The zero-order chi connectivity index (χ0) is 0. The van der Waals surface area contributed by atoms with Crippen LogP contribution in [0.4, 0.5) is 0 Å². The molecule has 0 atom stereocenters. The van der Waals surface area contributed by atoms with Crippen LogP contribution in [-0.4, -0.2) is 0 Å². The van der Waals surface area contributed by atoms with Gasteiger partial charge >= 0.3 is 37.7 Å². The van der Waals surface area contributed by atoms with E-state index >= 15 is 0 Å². The number of hydrogen-bond acceptors (Lipinski definition) is 0. The van der Waals surface area contributed by atoms with E-state index in [1.165, 1.54) is 0 Å². The standard InChI is InChI=1S/ClH.FH.2Li/h2*1H;;/q;;2*+1/p-2. The van der Waals surface area contributed by atoms with E-state index in [2.05, 4.69) is 0 Å². The summed E-state index contributed by atoms with van der Waals surface area (Å²) in [5, 5.41) is 0. The van der Waals surface area contributed by atoms with Gasteiger partial charge in [0.2, 0.25) is 0 Å². The Morgan fingerprint density at radius 2 is 0.750 bits per heavy atom. The van der Waals surface area contributed by atoms with Crippen LogP contribution in [0, 0.1) is 0 Å². The van der Waals surface area contributed by atoms with Crippen molar-refractivity contribution >= 4 is 0 Å². The maximum Gasteiger partial charge on any atom is 1.00 e. The molecular weight excluding hydrogens is 68.3 g/mol. The van der Waals surface area contributed by atoms with E-state index in [-0.39, 0.29) is 54.8 Å². The fourth-order valence-electron chi connectivity index (χ4n) is 0. The molecule has 0 saturated heterocycles. The van der Waals surface area contributed by atoms with Gasteiger partial charge < -0.3 is 17.1 Å². The molecular formula is ClFLi2. The Kier molecular flexibility index (Phi) is 339. The minimum atomic E-state index is 0. The van der Waals surface area contributed by atoms with Crippen molar-refractivity contribution in [2.45, 2.75) is 0 Å². The summed E-state index contributed by atoms with van der Waals surface area (Å²) in [6.45, 7) is 0. The summed E-state index contributed by atoms with van der Waals surface area (Å²) in [5.74, 6) is 0. The molecule has 0 radical (unpaired) electrons. The third-order valence-corrected chi connectivity index (χ3v) is 0. The van der Waals surface area contributed by atoms with Gasteiger partial charge in [0.15, 0.2) is 0 Å². The van der Waals surface area contributed by atoms with Gasteiger partial charge in [0.25, 0.3) is 0 Å². The molecule has 0 heterocycles. The first-order chi connectivity index (χ1) is 0. The Balaban J connectivity index is 0. The molecule has 0 aromatic rings. The van der Waals surface area contributed by atoms with Gasteiger partial charge in [-0.15, -0.1) is 0 Å². The Morgan fingerprint density at radius 3 is 0.750 bits per heavy atom. The predicted molar refractivity (Wildman–Crippen MR) is 0 cm³/mol. The van der Waals surface area contributed by atoms with E-state index in [1.54, 1.807) is 0 Å². The Bertz CT molecular complexity index is 6.00. The van der Waals surface area contributed by atoms with Crippen molar-refractivity contribution in [3.63, 3.8) is 0 Å². The van der Waals surface area contributed by atoms with Gasteiger partial charge in [-0.05, 0) is 0 Å². The molecule has 4 heavy (non-hydrogen) atoms. The molecule has 0 nitrogen and oxygen atoms in total. The maximum absolute atomic E-state index is 0. The minimum Gasteiger partial charge on any atom is -1.00 e. The Morgan fingerprint density at radius 1 is 0.750 bits per heavy atom. The van der Waals surface area contributed by atoms with E-state index in [9.17, 15) is 0 Å². The maximum atomic E-state index is 0. The molecule has 4 heteroatoms. The molecule has 0 aliphatic heterocycles. The SMILES string of the molecule is [Cl-].[F-].[Li+].[Li+]. The quantitative estimate of drug-likeness (QED) is 0.247. The zero-order valence-corrected chi connectivity index (χ0v) is 3.51. The van der Waals surface area contributed by atoms with Gasteiger partial charge in [0.05, 0.1) is 0 Å². The molecule has 0 aromatic heterocycles. The zero-order valence-electron chi connectivity index (χ0n) is 2.76. The minimum absolute atomic E-state index is 0. The van der Waals surface area contributed by atoms with Crippen LogP contribution in [0.3, 0.4) is 0 Å². The van der Waals surface area contributed by atoms with Gasteiger partial charge in [-0.3, -0.25) is 0 Å². The van der Waals surface area contributed by atoms with Crippen LogP contribution in [0.25, 0.3) is 0 Å². The van der Waals surface area contributed by atoms with Crippen molar-refractivity contribution < 1.29 is 54.8 Å². The largest absolute Gasteiger partial charge is 1.00 e. The number of hydrogen-bond donors (Lipinski definition) is 0. The second-order valence-electron chi connectivity index (χ2n) is 0. The smallest absolute Gasteiger partial charge is 1.00 e. The average Bonchev–Trinajstić information content (AvgIpc) is 0. The van der Waals surface area contributed by atoms with Gasteiger partial charge in [0, 0.05) is 0 Å². The molecule has 0 bridgehead atoms. The van der Waals surface area contributed by atoms with E-state index in [1.807, 2.05) is 0 Å². The van der Waals surface area contributed by atoms with Crippen molar-refractivity contribution in [1.29, 1.82) is 0 Å². The van der Waals surface area contributed by atoms with Gasteiger partial charge in [-0.25, -0.2) is 0 Å². The van der Waals surface area contributed by atoms with E-state index in [4.69, 9.17) is 0 Å². The number of halogens is 2. The summed E-state index contributed by atoms with van der Waals surface area (Å²) in [5.41, 5.74) is 0. The van der Waals surface area contributed by atoms with Crippen LogP contribution in [0.2, 0.25) is 0 Å². The number of rotatable bonds is 0. The van der Waals surface area contributed by atoms with Crippen LogP contribution < -0.4 is 54.8 Å². The van der Waals surface area contributed by atoms with Crippen LogP contribution in [0.15, 0.2) is 0 Å². The second-order valence-corrected chi connectivity index (χ2v) is 0. The first-order valence-corrected chi connectivity index (χ1v) is 0. The van der Waals surface area contributed by atoms with Crippen LogP contribution in [0.5, 0.6) is 0 Å². The first-order valence-electron chi connectivity index (χ1n) is 0. The van der Waals surface area contributed by atoms with Crippen molar-refractivity contribution in [1.82, 2.24) is 0 Å². The summed E-state index contributed by atoms with van der Waals surface area (Å²) >= 11 is 0. The molecule has 16 valence electrons. The summed E-state index contributed by atoms with van der Waals surface area (Å²) in [6.07, 6.45) is 0. The molecule has 0 N–H and O–H groups in total. The summed E-state index contributed by atoms with van der Waals surface area (Å²) < 4.78 is 0. The second kappa shape index (κ2) is 25.7. The van der Waals surface area contributed by atoms with Gasteiger partial charge in [-0.2, -0.15) is 0 Å². The molecule has 0 amide bonds. The average molecular weight is 68.3 g/mol. The van der Waals surface area contributed by atoms with E-state index in [0.717, 1.165) is 0 Å². The van der Waals surface area contributed by atoms with Crippen LogP contribution in [-0.2, 0) is 0 Å². The molecule has 0 aliphatic rings. The van der Waals surface area contributed by atoms with Gasteiger partial charge in [-0.1, -0.05) is 0 Å². The third-order valence-electron chi connectivity index (χ3n) is 0. The van der Waals surface area contributed by atoms with E-state index in [0.29, 0.717) is 0 Å². The van der Waals surface area contributed by atoms with Crippen molar-refractivity contribution in [2.24, 2.45) is 0 Å². The normalized spacial score (nSPS) is 0. The monoisotopic (exact) mass is 68.0 g/mol. The molecule has 0 aromatic carbocycles. The molecule has 0 unspecified atom stereocenters. The Hall–Kier alpha value is 1.41. The first kappa shape index (κ1) is 52.7. The molecule has 0 rings (SSSR count). The van der Waals surface area contributed by atoms with Gasteiger partial charge in [0.1, 0.15) is 0 Å². The third kappa shape index (κ3) is 9.95. The van der Waals surface area contributed by atoms with Crippen LogP contribution in [0.1, 0.15) is 0 Å². The molecule has 0 saturated carbocycles. The van der Waals surface area contributed by atoms with Crippen molar-refractivity contribution in [3.05, 3.63) is 0 Å². The summed E-state index contributed by atoms with van der Waals surface area (Å²) in [4.78, 5) is 0. The molecule has 0 aliphatic carbocycles. The fraction of sp³-hybridized carbons (Fsp3) is 0. The van der Waals surface area contributed by atoms with E-state index < -0.39 is 0 Å². The van der Waals surface area contributed by atoms with Crippen molar-refractivity contribution in [3.8, 4) is 0 Å². The summed E-state index contributed by atoms with van der Waals surface area (Å²) in [7, 11) is 0. The van der Waals surface area contributed by atoms with Crippen LogP contribution >= 0.6 is 0 Å². The fourth-order valence-corrected chi connectivity index (χ4v) is 0. The molecule has 0 spiro atoms. The summed E-state index contributed by atoms with van der Waals surface area (Å²) in [6, 6.07) is 0. The molecule has 0 fully saturated rings. The topological polar surface area (TPSA) is 0 Å². The van der Waals surface area contributed by atoms with Crippen molar-refractivity contribution in [2.75, 3.05) is 0 Å².